The molecule has 0 aliphatic rings. The highest BCUT2D eigenvalue weighted by molar-refractivity contribution is 5.56. The van der Waals surface area contributed by atoms with Gasteiger partial charge in [0, 0.05) is 17.7 Å². The van der Waals surface area contributed by atoms with E-state index in [4.69, 9.17) is 4.52 Å². The Bertz CT molecular complexity index is 533. The molecule has 2 rings (SSSR count). The van der Waals surface area contributed by atoms with E-state index in [1.807, 2.05) is 0 Å². The zero-order chi connectivity index (χ0) is 12.4. The summed E-state index contributed by atoms with van der Waals surface area (Å²) in [6.07, 6.45) is -0.839. The number of nitro benzene ring substituents is 1. The van der Waals surface area contributed by atoms with Crippen LogP contribution < -0.4 is 0 Å². The van der Waals surface area contributed by atoms with Gasteiger partial charge in [-0.25, -0.2) is 0 Å². The van der Waals surface area contributed by atoms with Gasteiger partial charge in [-0.1, -0.05) is 5.16 Å². The second kappa shape index (κ2) is 4.30. The van der Waals surface area contributed by atoms with Gasteiger partial charge in [0.15, 0.2) is 0 Å². The molecule has 2 aromatic rings. The molecule has 0 radical (unpaired) electrons. The van der Waals surface area contributed by atoms with Crippen molar-refractivity contribution in [1.29, 1.82) is 0 Å². The number of non-ortho nitro benzene ring substituents is 1. The zero-order valence-corrected chi connectivity index (χ0v) is 8.90. The summed E-state index contributed by atoms with van der Waals surface area (Å²) < 4.78 is 4.81. The largest absolute Gasteiger partial charge is 0.384 e. The average Bonchev–Trinajstić information content (AvgIpc) is 2.78. The monoisotopic (exact) mass is 235 g/mol. The second-order valence-corrected chi connectivity index (χ2v) is 3.44. The van der Waals surface area contributed by atoms with Gasteiger partial charge >= 0.3 is 0 Å². The predicted octanol–water partition coefficient (Wildman–Crippen LogP) is 1.70. The van der Waals surface area contributed by atoms with E-state index in [2.05, 4.69) is 10.1 Å². The van der Waals surface area contributed by atoms with Gasteiger partial charge in [-0.05, 0) is 19.1 Å². The fourth-order valence-electron chi connectivity index (χ4n) is 1.25. The highest BCUT2D eigenvalue weighted by Gasteiger charge is 2.13. The highest BCUT2D eigenvalue weighted by atomic mass is 16.6. The molecule has 0 fully saturated rings. The summed E-state index contributed by atoms with van der Waals surface area (Å²) in [5.74, 6) is 0.397. The van der Waals surface area contributed by atoms with Crippen LogP contribution in [0.4, 0.5) is 5.69 Å². The van der Waals surface area contributed by atoms with Crippen molar-refractivity contribution in [3.05, 3.63) is 40.3 Å². The van der Waals surface area contributed by atoms with Gasteiger partial charge in [0.2, 0.25) is 5.82 Å². The summed E-state index contributed by atoms with van der Waals surface area (Å²) >= 11 is 0. The van der Waals surface area contributed by atoms with Crippen LogP contribution in [0.25, 0.3) is 11.4 Å². The number of aliphatic hydroxyl groups excluding tert-OH is 1. The normalized spacial score (nSPS) is 12.4. The van der Waals surface area contributed by atoms with Crippen molar-refractivity contribution >= 4 is 5.69 Å². The van der Waals surface area contributed by atoms with Gasteiger partial charge in [0.1, 0.15) is 6.10 Å². The Kier molecular flexibility index (Phi) is 2.84. The third-order valence-electron chi connectivity index (χ3n) is 2.14. The Hall–Kier alpha value is -2.28. The number of rotatable bonds is 3. The third-order valence-corrected chi connectivity index (χ3v) is 2.14. The molecule has 0 saturated heterocycles. The molecule has 0 aliphatic heterocycles. The lowest BCUT2D eigenvalue weighted by atomic mass is 10.2. The summed E-state index contributed by atoms with van der Waals surface area (Å²) in [6.45, 7) is 1.51. The lowest BCUT2D eigenvalue weighted by Crippen LogP contribution is -1.91. The molecule has 1 atom stereocenters. The lowest BCUT2D eigenvalue weighted by molar-refractivity contribution is -0.384. The van der Waals surface area contributed by atoms with Crippen LogP contribution in [0.3, 0.4) is 0 Å². The molecule has 7 nitrogen and oxygen atoms in total. The molecule has 0 unspecified atom stereocenters. The molecule has 7 heteroatoms. The minimum absolute atomic E-state index is 0.00649. The average molecular weight is 235 g/mol. The zero-order valence-electron chi connectivity index (χ0n) is 8.90. The Morgan fingerprint density at radius 1 is 1.41 bits per heavy atom. The van der Waals surface area contributed by atoms with Gasteiger partial charge in [-0.3, -0.25) is 10.1 Å². The SMILES string of the molecule is C[C@@H](O)c1nc(-c2ccc([N+](=O)[O-])cc2)no1. The van der Waals surface area contributed by atoms with Gasteiger partial charge in [-0.2, -0.15) is 4.98 Å². The standard InChI is InChI=1S/C10H9N3O4/c1-6(14)10-11-9(12-17-10)7-2-4-8(5-3-7)13(15)16/h2-6,14H,1H3/t6-/m1/s1. The molecule has 1 heterocycles. The lowest BCUT2D eigenvalue weighted by Gasteiger charge is -1.94. The molecule has 1 N–H and O–H groups in total. The van der Waals surface area contributed by atoms with E-state index in [9.17, 15) is 15.2 Å². The van der Waals surface area contributed by atoms with Crippen molar-refractivity contribution in [3.63, 3.8) is 0 Å². The van der Waals surface area contributed by atoms with Crippen LogP contribution in [0, 0.1) is 10.1 Å². The number of nitro groups is 1. The Labute approximate surface area is 95.9 Å². The first-order chi connectivity index (χ1) is 8.08. The van der Waals surface area contributed by atoms with Crippen molar-refractivity contribution in [1.82, 2.24) is 10.1 Å². The molecule has 88 valence electrons. The van der Waals surface area contributed by atoms with E-state index in [1.54, 1.807) is 0 Å². The molecule has 1 aromatic carbocycles. The maximum Gasteiger partial charge on any atom is 0.269 e. The van der Waals surface area contributed by atoms with Crippen LogP contribution in [0.2, 0.25) is 0 Å². The van der Waals surface area contributed by atoms with Crippen LogP contribution in [0.5, 0.6) is 0 Å². The number of aromatic nitrogens is 2. The summed E-state index contributed by atoms with van der Waals surface area (Å²) in [6, 6.07) is 5.76. The van der Waals surface area contributed by atoms with Crippen molar-refractivity contribution in [2.24, 2.45) is 0 Å². The van der Waals surface area contributed by atoms with E-state index in [0.29, 0.717) is 5.56 Å². The van der Waals surface area contributed by atoms with E-state index in [1.165, 1.54) is 31.2 Å². The van der Waals surface area contributed by atoms with Crippen molar-refractivity contribution in [2.75, 3.05) is 0 Å². The second-order valence-electron chi connectivity index (χ2n) is 3.44. The first-order valence-electron chi connectivity index (χ1n) is 4.84. The van der Waals surface area contributed by atoms with E-state index in [0.717, 1.165) is 0 Å². The fourth-order valence-corrected chi connectivity index (χ4v) is 1.25. The Morgan fingerprint density at radius 3 is 2.53 bits per heavy atom. The molecule has 0 amide bonds. The number of aliphatic hydroxyl groups is 1. The molecule has 0 spiro atoms. The number of benzene rings is 1. The van der Waals surface area contributed by atoms with Crippen LogP contribution in [0.1, 0.15) is 18.9 Å². The van der Waals surface area contributed by atoms with Gasteiger partial charge < -0.3 is 9.63 Å². The van der Waals surface area contributed by atoms with Crippen LogP contribution in [-0.4, -0.2) is 20.2 Å². The topological polar surface area (TPSA) is 102 Å². The highest BCUT2D eigenvalue weighted by Crippen LogP contribution is 2.21. The van der Waals surface area contributed by atoms with Crippen LogP contribution in [-0.2, 0) is 0 Å². The fraction of sp³-hybridized carbons (Fsp3) is 0.200. The molecule has 0 bridgehead atoms. The first kappa shape index (κ1) is 11.2. The first-order valence-corrected chi connectivity index (χ1v) is 4.84. The van der Waals surface area contributed by atoms with Gasteiger partial charge in [-0.15, -0.1) is 0 Å². The van der Waals surface area contributed by atoms with Crippen molar-refractivity contribution < 1.29 is 14.6 Å². The summed E-state index contributed by atoms with van der Waals surface area (Å²) in [4.78, 5) is 13.9. The van der Waals surface area contributed by atoms with Crippen LogP contribution >= 0.6 is 0 Å². The Balaban J connectivity index is 2.30. The van der Waals surface area contributed by atoms with Crippen molar-refractivity contribution in [2.45, 2.75) is 13.0 Å². The molecular formula is C10H9N3O4. The number of hydrogen-bond donors (Lipinski definition) is 1. The minimum atomic E-state index is -0.839. The molecule has 0 aliphatic carbocycles. The molecule has 1 aromatic heterocycles. The summed E-state index contributed by atoms with van der Waals surface area (Å²) in [5.41, 5.74) is 0.583. The summed E-state index contributed by atoms with van der Waals surface area (Å²) in [5, 5.41) is 23.3. The number of hydrogen-bond acceptors (Lipinski definition) is 6. The van der Waals surface area contributed by atoms with E-state index in [-0.39, 0.29) is 17.4 Å². The van der Waals surface area contributed by atoms with Gasteiger partial charge in [0.25, 0.3) is 11.6 Å². The molecular weight excluding hydrogens is 226 g/mol. The van der Waals surface area contributed by atoms with Crippen LogP contribution in [0.15, 0.2) is 28.8 Å². The molecule has 17 heavy (non-hydrogen) atoms. The molecule has 0 saturated carbocycles. The van der Waals surface area contributed by atoms with Crippen molar-refractivity contribution in [3.8, 4) is 11.4 Å². The van der Waals surface area contributed by atoms with E-state index < -0.39 is 11.0 Å². The number of nitrogens with zero attached hydrogens (tertiary/aromatic N) is 3. The summed E-state index contributed by atoms with van der Waals surface area (Å²) in [7, 11) is 0. The maximum atomic E-state index is 10.5. The van der Waals surface area contributed by atoms with Gasteiger partial charge in [0.05, 0.1) is 4.92 Å². The predicted molar refractivity (Wildman–Crippen MR) is 57.0 cm³/mol. The van der Waals surface area contributed by atoms with E-state index >= 15 is 0 Å². The minimum Gasteiger partial charge on any atom is -0.384 e. The smallest absolute Gasteiger partial charge is 0.269 e. The third kappa shape index (κ3) is 2.28. The Morgan fingerprint density at radius 2 is 2.06 bits per heavy atom. The quantitative estimate of drug-likeness (QED) is 0.641. The maximum absolute atomic E-state index is 10.5.